The van der Waals surface area contributed by atoms with Gasteiger partial charge in [-0.1, -0.05) is 0 Å². The number of methoxy groups -OCH3 is 1. The van der Waals surface area contributed by atoms with Crippen LogP contribution in [0.5, 0.6) is 5.75 Å². The van der Waals surface area contributed by atoms with E-state index in [1.165, 1.54) is 37.4 Å². The topological polar surface area (TPSA) is 93.7 Å². The number of benzene rings is 2. The molecule has 0 atom stereocenters. The third-order valence-corrected chi connectivity index (χ3v) is 5.33. The normalized spacial score (nSPS) is 11.6. The second-order valence-electron chi connectivity index (χ2n) is 6.60. The van der Waals surface area contributed by atoms with Gasteiger partial charge < -0.3 is 9.47 Å². The van der Waals surface area contributed by atoms with Crippen LogP contribution < -0.4 is 14.8 Å². The number of amides is 1. The van der Waals surface area contributed by atoms with Crippen LogP contribution in [0.3, 0.4) is 0 Å². The van der Waals surface area contributed by atoms with E-state index in [0.29, 0.717) is 17.1 Å². The average Bonchev–Trinajstić information content (AvgIpc) is 2.54. The number of rotatable bonds is 5. The molecule has 2 rings (SSSR count). The molecule has 7 nitrogen and oxygen atoms in total. The van der Waals surface area contributed by atoms with Crippen LogP contribution >= 0.6 is 22.6 Å². The molecule has 0 aliphatic rings. The van der Waals surface area contributed by atoms with Crippen LogP contribution in [-0.4, -0.2) is 27.2 Å². The molecule has 0 saturated heterocycles. The molecule has 2 N–H and O–H groups in total. The fourth-order valence-corrected chi connectivity index (χ4v) is 3.51. The van der Waals surface area contributed by atoms with Crippen LogP contribution in [0.2, 0.25) is 0 Å². The van der Waals surface area contributed by atoms with Crippen LogP contribution in [0.1, 0.15) is 20.8 Å². The van der Waals surface area contributed by atoms with E-state index in [1.807, 2.05) is 0 Å². The highest BCUT2D eigenvalue weighted by Crippen LogP contribution is 2.29. The molecule has 0 unspecified atom stereocenters. The highest BCUT2D eigenvalue weighted by molar-refractivity contribution is 14.1. The van der Waals surface area contributed by atoms with E-state index in [1.54, 1.807) is 32.9 Å². The molecular formula is C18H21IN2O5S. The van der Waals surface area contributed by atoms with Gasteiger partial charge in [0, 0.05) is 9.64 Å². The minimum atomic E-state index is -3.74. The maximum absolute atomic E-state index is 12.5. The van der Waals surface area contributed by atoms with Gasteiger partial charge >= 0.3 is 6.09 Å². The molecule has 2 aromatic carbocycles. The molecule has 0 aromatic heterocycles. The largest absolute Gasteiger partial charge is 0.494 e. The van der Waals surface area contributed by atoms with Crippen molar-refractivity contribution < 1.29 is 22.7 Å². The van der Waals surface area contributed by atoms with Crippen molar-refractivity contribution in [3.63, 3.8) is 0 Å². The van der Waals surface area contributed by atoms with Gasteiger partial charge in [0.25, 0.3) is 10.0 Å². The van der Waals surface area contributed by atoms with E-state index in [2.05, 4.69) is 32.6 Å². The molecule has 0 saturated carbocycles. The average molecular weight is 504 g/mol. The van der Waals surface area contributed by atoms with Gasteiger partial charge in [-0.05, 0) is 79.8 Å². The first-order valence-corrected chi connectivity index (χ1v) is 10.5. The maximum atomic E-state index is 12.5. The monoisotopic (exact) mass is 504 g/mol. The Morgan fingerprint density at radius 2 is 1.70 bits per heavy atom. The van der Waals surface area contributed by atoms with Gasteiger partial charge in [-0.15, -0.1) is 0 Å². The quantitative estimate of drug-likeness (QED) is 0.588. The zero-order valence-corrected chi connectivity index (χ0v) is 18.3. The molecular weight excluding hydrogens is 483 g/mol. The number of nitrogens with one attached hydrogen (secondary N) is 2. The number of sulfonamides is 1. The third kappa shape index (κ3) is 6.28. The van der Waals surface area contributed by atoms with Gasteiger partial charge in [-0.25, -0.2) is 13.2 Å². The van der Waals surface area contributed by atoms with E-state index in [4.69, 9.17) is 9.47 Å². The molecule has 0 radical (unpaired) electrons. The number of carbonyl (C=O) groups is 1. The Labute approximate surface area is 172 Å². The van der Waals surface area contributed by atoms with E-state index >= 15 is 0 Å². The molecule has 0 aliphatic heterocycles. The summed E-state index contributed by atoms with van der Waals surface area (Å²) < 4.78 is 38.9. The van der Waals surface area contributed by atoms with Gasteiger partial charge in [-0.3, -0.25) is 10.0 Å². The summed E-state index contributed by atoms with van der Waals surface area (Å²) in [5, 5.41) is 2.58. The summed E-state index contributed by atoms with van der Waals surface area (Å²) in [7, 11) is -2.31. The van der Waals surface area contributed by atoms with Crippen LogP contribution in [0, 0.1) is 3.57 Å². The van der Waals surface area contributed by atoms with Crippen molar-refractivity contribution in [1.29, 1.82) is 0 Å². The third-order valence-electron chi connectivity index (χ3n) is 3.21. The lowest BCUT2D eigenvalue weighted by molar-refractivity contribution is 0.0635. The smallest absolute Gasteiger partial charge is 0.412 e. The lowest BCUT2D eigenvalue weighted by Crippen LogP contribution is -2.27. The molecule has 1 amide bonds. The summed E-state index contributed by atoms with van der Waals surface area (Å²) in [5.41, 5.74) is 0.0320. The molecule has 2 aromatic rings. The Kier molecular flexibility index (Phi) is 6.58. The first kappa shape index (κ1) is 21.3. The SMILES string of the molecule is COc1cc(NS(=O)(=O)c2ccc(I)cc2)ccc1NC(=O)OC(C)(C)C. The zero-order valence-electron chi connectivity index (χ0n) is 15.4. The van der Waals surface area contributed by atoms with Crippen molar-refractivity contribution in [2.75, 3.05) is 17.1 Å². The Morgan fingerprint density at radius 1 is 1.07 bits per heavy atom. The van der Waals surface area contributed by atoms with Crippen LogP contribution in [0.4, 0.5) is 16.2 Å². The van der Waals surface area contributed by atoms with Gasteiger partial charge in [0.1, 0.15) is 11.4 Å². The Bertz CT molecular complexity index is 922. The molecule has 0 heterocycles. The van der Waals surface area contributed by atoms with E-state index < -0.39 is 21.7 Å². The summed E-state index contributed by atoms with van der Waals surface area (Å²) in [4.78, 5) is 12.1. The maximum Gasteiger partial charge on any atom is 0.412 e. The second kappa shape index (κ2) is 8.34. The number of hydrogen-bond acceptors (Lipinski definition) is 5. The number of halogens is 1. The van der Waals surface area contributed by atoms with Crippen molar-refractivity contribution in [2.45, 2.75) is 31.3 Å². The molecule has 0 aliphatic carbocycles. The molecule has 9 heteroatoms. The van der Waals surface area contributed by atoms with Gasteiger partial charge in [0.05, 0.1) is 23.4 Å². The van der Waals surface area contributed by atoms with Gasteiger partial charge in [-0.2, -0.15) is 0 Å². The molecule has 0 bridgehead atoms. The summed E-state index contributed by atoms with van der Waals surface area (Å²) in [6.07, 6.45) is -0.631. The van der Waals surface area contributed by atoms with Crippen LogP contribution in [0.15, 0.2) is 47.4 Å². The predicted octanol–water partition coefficient (Wildman–Crippen LogP) is 4.45. The Balaban J connectivity index is 2.20. The summed E-state index contributed by atoms with van der Waals surface area (Å²) in [6.45, 7) is 5.27. The lowest BCUT2D eigenvalue weighted by atomic mass is 10.2. The van der Waals surface area contributed by atoms with E-state index in [9.17, 15) is 13.2 Å². The Morgan fingerprint density at radius 3 is 2.26 bits per heavy atom. The van der Waals surface area contributed by atoms with E-state index in [0.717, 1.165) is 3.57 Å². The zero-order chi connectivity index (χ0) is 20.2. The molecule has 27 heavy (non-hydrogen) atoms. The minimum Gasteiger partial charge on any atom is -0.494 e. The predicted molar refractivity (Wildman–Crippen MR) is 113 cm³/mol. The van der Waals surface area contributed by atoms with Crippen LogP contribution in [0.25, 0.3) is 0 Å². The van der Waals surface area contributed by atoms with Crippen LogP contribution in [-0.2, 0) is 14.8 Å². The number of hydrogen-bond donors (Lipinski definition) is 2. The molecule has 146 valence electrons. The first-order valence-electron chi connectivity index (χ1n) is 7.96. The lowest BCUT2D eigenvalue weighted by Gasteiger charge is -2.20. The van der Waals surface area contributed by atoms with Crippen molar-refractivity contribution in [3.8, 4) is 5.75 Å². The first-order chi connectivity index (χ1) is 12.5. The second-order valence-corrected chi connectivity index (χ2v) is 9.53. The number of anilines is 2. The molecule has 0 spiro atoms. The Hall–Kier alpha value is -2.01. The van der Waals surface area contributed by atoms with Gasteiger partial charge in [0.2, 0.25) is 0 Å². The standard InChI is InChI=1S/C18H21IN2O5S/c1-18(2,3)26-17(22)20-15-10-7-13(11-16(15)25-4)21-27(23,24)14-8-5-12(19)6-9-14/h5-11,21H,1-4H3,(H,20,22). The van der Waals surface area contributed by atoms with E-state index in [-0.39, 0.29) is 4.90 Å². The van der Waals surface area contributed by atoms with Crippen molar-refractivity contribution >= 4 is 50.1 Å². The molecule has 0 fully saturated rings. The highest BCUT2D eigenvalue weighted by atomic mass is 127. The minimum absolute atomic E-state index is 0.151. The van der Waals surface area contributed by atoms with Gasteiger partial charge in [0.15, 0.2) is 0 Å². The summed E-state index contributed by atoms with van der Waals surface area (Å²) in [5.74, 6) is 0.295. The summed E-state index contributed by atoms with van der Waals surface area (Å²) in [6, 6.07) is 11.0. The van der Waals surface area contributed by atoms with Crippen molar-refractivity contribution in [2.24, 2.45) is 0 Å². The highest BCUT2D eigenvalue weighted by Gasteiger charge is 2.19. The summed E-state index contributed by atoms with van der Waals surface area (Å²) >= 11 is 2.10. The number of ether oxygens (including phenoxy) is 2. The van der Waals surface area contributed by atoms with Crippen molar-refractivity contribution in [3.05, 3.63) is 46.0 Å². The fraction of sp³-hybridized carbons (Fsp3) is 0.278. The number of carbonyl (C=O) groups excluding carboxylic acids is 1. The fourth-order valence-electron chi connectivity index (χ4n) is 2.10. The van der Waals surface area contributed by atoms with Crippen molar-refractivity contribution in [1.82, 2.24) is 0 Å².